The fourth-order valence-electron chi connectivity index (χ4n) is 9.09. The summed E-state index contributed by atoms with van der Waals surface area (Å²) in [5, 5.41) is 16.0. The fraction of sp³-hybridized carbons (Fsp3) is 0.515. The van der Waals surface area contributed by atoms with Gasteiger partial charge in [0.25, 0.3) is 0 Å². The molecule has 1 aliphatic carbocycles. The Kier molecular flexibility index (Phi) is 6.74. The van der Waals surface area contributed by atoms with Crippen molar-refractivity contribution >= 4 is 17.7 Å². The van der Waals surface area contributed by atoms with Crippen molar-refractivity contribution in [1.29, 1.82) is 0 Å². The van der Waals surface area contributed by atoms with Crippen molar-refractivity contribution in [3.05, 3.63) is 59.7 Å². The lowest BCUT2D eigenvalue weighted by Gasteiger charge is -2.64. The molecule has 4 aliphatic heterocycles. The van der Waals surface area contributed by atoms with Crippen LogP contribution >= 0.6 is 0 Å². The minimum absolute atomic E-state index is 0.00541. The summed E-state index contributed by atoms with van der Waals surface area (Å²) >= 11 is 0. The van der Waals surface area contributed by atoms with E-state index in [4.69, 9.17) is 23.7 Å². The molecule has 1 amide bonds. The number of likely N-dealkylation sites (N-methyl/N-ethyl adjacent to an activating group) is 1. The number of alkyl carbamates (subject to hydrolysis) is 1. The van der Waals surface area contributed by atoms with Crippen LogP contribution in [0.25, 0.3) is 0 Å². The average Bonchev–Trinajstić information content (AvgIpc) is 3.72. The van der Waals surface area contributed by atoms with Crippen LogP contribution in [0.2, 0.25) is 0 Å². The number of esters is 1. The summed E-state index contributed by atoms with van der Waals surface area (Å²) in [6.45, 7) is 5.04. The Labute approximate surface area is 256 Å². The number of hydrogen-bond acceptors (Lipinski definition) is 10. The monoisotopic (exact) mass is 605 g/mol. The number of nitrogens with zero attached hydrogens (tertiary/aromatic N) is 2. The smallest absolute Gasteiger partial charge is 0.407 e. The van der Waals surface area contributed by atoms with Gasteiger partial charge in [-0.15, -0.1) is 0 Å². The zero-order valence-corrected chi connectivity index (χ0v) is 25.5. The molecule has 6 atom stereocenters. The lowest BCUT2D eigenvalue weighted by Crippen LogP contribution is -2.81. The molecule has 7 rings (SSSR count). The molecule has 5 aliphatic rings. The van der Waals surface area contributed by atoms with E-state index < -0.39 is 40.6 Å². The number of carbonyl (C=O) groups is 2. The highest BCUT2D eigenvalue weighted by atomic mass is 16.7. The number of amides is 1. The van der Waals surface area contributed by atoms with E-state index in [9.17, 15) is 14.7 Å². The van der Waals surface area contributed by atoms with Crippen molar-refractivity contribution in [3.63, 3.8) is 0 Å². The number of ether oxygens (including phenoxy) is 5. The van der Waals surface area contributed by atoms with Gasteiger partial charge in [0.15, 0.2) is 11.5 Å². The van der Waals surface area contributed by atoms with Crippen LogP contribution < -0.4 is 24.4 Å². The summed E-state index contributed by atoms with van der Waals surface area (Å²) in [7, 11) is 3.60. The molecular weight excluding hydrogens is 566 g/mol. The highest BCUT2D eigenvalue weighted by Gasteiger charge is 2.77. The molecule has 4 heterocycles. The van der Waals surface area contributed by atoms with Crippen molar-refractivity contribution in [1.82, 2.24) is 10.2 Å². The van der Waals surface area contributed by atoms with E-state index >= 15 is 0 Å². The molecule has 1 saturated carbocycles. The van der Waals surface area contributed by atoms with Gasteiger partial charge in [0.1, 0.15) is 24.1 Å². The third kappa shape index (κ3) is 3.94. The molecule has 234 valence electrons. The van der Waals surface area contributed by atoms with Gasteiger partial charge in [-0.25, -0.2) is 4.79 Å². The highest BCUT2D eigenvalue weighted by Crippen LogP contribution is 2.67. The van der Waals surface area contributed by atoms with Gasteiger partial charge in [-0.1, -0.05) is 31.2 Å². The van der Waals surface area contributed by atoms with Gasteiger partial charge in [-0.3, -0.25) is 9.69 Å². The van der Waals surface area contributed by atoms with Crippen LogP contribution in [-0.2, 0) is 26.3 Å². The summed E-state index contributed by atoms with van der Waals surface area (Å²) in [5.41, 5.74) is -0.0513. The largest absolute Gasteiger partial charge is 0.497 e. The third-order valence-corrected chi connectivity index (χ3v) is 10.5. The van der Waals surface area contributed by atoms with E-state index in [0.29, 0.717) is 17.9 Å². The Morgan fingerprint density at radius 1 is 1.14 bits per heavy atom. The minimum Gasteiger partial charge on any atom is -0.497 e. The quantitative estimate of drug-likeness (QED) is 0.360. The van der Waals surface area contributed by atoms with Crippen molar-refractivity contribution in [2.75, 3.05) is 45.5 Å². The predicted molar refractivity (Wildman–Crippen MR) is 160 cm³/mol. The lowest BCUT2D eigenvalue weighted by molar-refractivity contribution is -0.217. The highest BCUT2D eigenvalue weighted by molar-refractivity contribution is 5.72. The fourth-order valence-corrected chi connectivity index (χ4v) is 9.09. The van der Waals surface area contributed by atoms with Crippen molar-refractivity contribution in [3.8, 4) is 17.2 Å². The Bertz CT molecular complexity index is 1530. The van der Waals surface area contributed by atoms with Crippen LogP contribution in [0.1, 0.15) is 37.8 Å². The van der Waals surface area contributed by atoms with Crippen molar-refractivity contribution < 1.29 is 38.4 Å². The number of aliphatic hydroxyl groups is 1. The second kappa shape index (κ2) is 10.3. The van der Waals surface area contributed by atoms with Gasteiger partial charge in [0, 0.05) is 49.1 Å². The summed E-state index contributed by atoms with van der Waals surface area (Å²) in [5.74, 6) is 1.48. The first-order valence-corrected chi connectivity index (χ1v) is 15.2. The second-order valence-electron chi connectivity index (χ2n) is 12.6. The first-order valence-electron chi connectivity index (χ1n) is 15.2. The van der Waals surface area contributed by atoms with E-state index in [1.807, 2.05) is 19.2 Å². The number of nitrogens with one attached hydrogen (secondary N) is 1. The molecule has 44 heavy (non-hydrogen) atoms. The van der Waals surface area contributed by atoms with Crippen LogP contribution in [0.3, 0.4) is 0 Å². The molecule has 1 saturated heterocycles. The molecule has 0 radical (unpaired) electrons. The van der Waals surface area contributed by atoms with E-state index in [2.05, 4.69) is 40.3 Å². The maximum atomic E-state index is 13.2. The Morgan fingerprint density at radius 3 is 2.73 bits per heavy atom. The second-order valence-corrected chi connectivity index (χ2v) is 12.6. The number of carbonyl (C=O) groups excluding carboxylic acids is 2. The van der Waals surface area contributed by atoms with Gasteiger partial charge in [-0.05, 0) is 48.7 Å². The standard InChI is InChI=1S/C33H39N3O8/c1-5-31-11-6-13-36-14-12-32(27(31)36)23-9-8-22(40-4)16-24(23)35(3)28(32)33(39,29(31)44-20(2)37)18-34-30(38)41-17-21-7-10-25-26(15-21)43-19-42-25/h6-11,15-16,27-29,39H,5,12-14,17-19H2,1-4H3,(H,34,38)/t27-,28+,29+,31+,32+,33?/m0/s1. The molecule has 11 nitrogen and oxygen atoms in total. The van der Waals surface area contributed by atoms with Crippen molar-refractivity contribution in [2.45, 2.75) is 62.5 Å². The van der Waals surface area contributed by atoms with Crippen LogP contribution in [0.4, 0.5) is 10.5 Å². The van der Waals surface area contributed by atoms with Gasteiger partial charge in [0.2, 0.25) is 6.79 Å². The number of benzene rings is 2. The van der Waals surface area contributed by atoms with Gasteiger partial charge in [-0.2, -0.15) is 0 Å². The summed E-state index contributed by atoms with van der Waals surface area (Å²) in [6, 6.07) is 10.9. The van der Waals surface area contributed by atoms with Crippen molar-refractivity contribution in [2.24, 2.45) is 5.41 Å². The molecule has 1 spiro atoms. The van der Waals surface area contributed by atoms with Crippen LogP contribution in [0.15, 0.2) is 48.6 Å². The normalized spacial score (nSPS) is 32.5. The summed E-state index contributed by atoms with van der Waals surface area (Å²) < 4.78 is 28.1. The van der Waals surface area contributed by atoms with E-state index in [1.165, 1.54) is 6.92 Å². The molecule has 2 fully saturated rings. The number of hydrogen-bond donors (Lipinski definition) is 2. The van der Waals surface area contributed by atoms with Crippen LogP contribution in [0, 0.1) is 5.41 Å². The lowest BCUT2D eigenvalue weighted by atomic mass is 9.47. The molecule has 0 aromatic heterocycles. The Hall–Kier alpha value is -3.96. The van der Waals surface area contributed by atoms with Gasteiger partial charge < -0.3 is 39.0 Å². The zero-order valence-electron chi connectivity index (χ0n) is 25.5. The van der Waals surface area contributed by atoms with E-state index in [-0.39, 0.29) is 26.0 Å². The van der Waals surface area contributed by atoms with Gasteiger partial charge in [0.05, 0.1) is 19.7 Å². The average molecular weight is 606 g/mol. The minimum atomic E-state index is -1.69. The third-order valence-electron chi connectivity index (χ3n) is 10.5. The van der Waals surface area contributed by atoms with Gasteiger partial charge >= 0.3 is 12.1 Å². The molecule has 0 bridgehead atoms. The summed E-state index contributed by atoms with van der Waals surface area (Å²) in [4.78, 5) is 30.5. The maximum absolute atomic E-state index is 13.2. The molecular formula is C33H39N3O8. The molecule has 1 unspecified atom stereocenters. The Morgan fingerprint density at radius 2 is 1.95 bits per heavy atom. The first kappa shape index (κ1) is 28.8. The topological polar surface area (TPSA) is 119 Å². The number of methoxy groups -OCH3 is 1. The number of fused-ring (bicyclic) bond motifs is 2. The van der Waals surface area contributed by atoms with Crippen LogP contribution in [-0.4, -0.2) is 86.4 Å². The number of anilines is 1. The maximum Gasteiger partial charge on any atom is 0.407 e. The zero-order chi connectivity index (χ0) is 30.9. The van der Waals surface area contributed by atoms with E-state index in [1.54, 1.807) is 25.3 Å². The Balaban J connectivity index is 1.26. The summed E-state index contributed by atoms with van der Waals surface area (Å²) in [6.07, 6.45) is 4.08. The van der Waals surface area contributed by atoms with Crippen LogP contribution in [0.5, 0.6) is 17.2 Å². The molecule has 2 N–H and O–H groups in total. The first-order chi connectivity index (χ1) is 21.2. The molecule has 2 aromatic rings. The molecule has 11 heteroatoms. The predicted octanol–water partition coefficient (Wildman–Crippen LogP) is 3.12. The molecule has 2 aromatic carbocycles. The number of rotatable bonds is 7. The van der Waals surface area contributed by atoms with E-state index in [0.717, 1.165) is 42.1 Å². The SMILES string of the molecule is CC[C@]12C=CCN3CC[C@@]4(c5ccc(OC)cc5N(C)[C@H]4C(O)(CNC(=O)OCc4ccc5c(c4)OCO5)[C@@H]1OC(C)=O)[C@@H]32.